The highest BCUT2D eigenvalue weighted by Gasteiger charge is 2.55. The van der Waals surface area contributed by atoms with Crippen LogP contribution in [0.4, 0.5) is 4.39 Å². The number of rotatable bonds is 3. The van der Waals surface area contributed by atoms with Gasteiger partial charge in [0.1, 0.15) is 5.82 Å². The maximum absolute atomic E-state index is 13.0. The Morgan fingerprint density at radius 2 is 2.12 bits per heavy atom. The first-order valence-corrected chi connectivity index (χ1v) is 6.91. The van der Waals surface area contributed by atoms with Crippen molar-refractivity contribution in [2.75, 3.05) is 5.75 Å². The third-order valence-electron chi connectivity index (χ3n) is 3.06. The van der Waals surface area contributed by atoms with Gasteiger partial charge in [-0.1, -0.05) is 19.1 Å². The molecule has 3 atom stereocenters. The summed E-state index contributed by atoms with van der Waals surface area (Å²) in [7, 11) is -3.13. The Morgan fingerprint density at radius 1 is 1.44 bits per heavy atom. The van der Waals surface area contributed by atoms with E-state index in [1.54, 1.807) is 19.1 Å². The summed E-state index contributed by atoms with van der Waals surface area (Å²) >= 11 is 0. The molecule has 3 nitrogen and oxygen atoms in total. The zero-order chi connectivity index (χ0) is 11.9. The molecule has 0 radical (unpaired) electrons. The number of hydrogen-bond donors (Lipinski definition) is 1. The molecule has 0 saturated heterocycles. The maximum Gasteiger partial charge on any atom is 0.155 e. The minimum Gasteiger partial charge on any atom is -0.326 e. The fourth-order valence-electron chi connectivity index (χ4n) is 2.09. The minimum absolute atomic E-state index is 0.0805. The lowest BCUT2D eigenvalue weighted by molar-refractivity contribution is 0.594. The van der Waals surface area contributed by atoms with E-state index in [9.17, 15) is 12.8 Å². The largest absolute Gasteiger partial charge is 0.326 e. The first-order chi connectivity index (χ1) is 7.47. The average molecular weight is 243 g/mol. The molecule has 1 aliphatic carbocycles. The molecule has 0 spiro atoms. The van der Waals surface area contributed by atoms with E-state index in [2.05, 4.69) is 0 Å². The predicted octanol–water partition coefficient (Wildman–Crippen LogP) is 1.05. The van der Waals surface area contributed by atoms with E-state index in [1.165, 1.54) is 12.1 Å². The topological polar surface area (TPSA) is 60.2 Å². The number of hydrogen-bond acceptors (Lipinski definition) is 3. The van der Waals surface area contributed by atoms with E-state index < -0.39 is 21.1 Å². The quantitative estimate of drug-likeness (QED) is 0.863. The van der Waals surface area contributed by atoms with Gasteiger partial charge in [0.2, 0.25) is 0 Å². The van der Waals surface area contributed by atoms with Crippen molar-refractivity contribution in [3.05, 3.63) is 35.6 Å². The highest BCUT2D eigenvalue weighted by molar-refractivity contribution is 7.92. The second-order valence-electron chi connectivity index (χ2n) is 4.07. The molecule has 2 rings (SSSR count). The molecule has 0 amide bonds. The van der Waals surface area contributed by atoms with Crippen molar-refractivity contribution in [2.45, 2.75) is 24.1 Å². The summed E-state index contributed by atoms with van der Waals surface area (Å²) in [5.41, 5.74) is 6.43. The Bertz CT molecular complexity index is 500. The average Bonchev–Trinajstić information content (AvgIpc) is 2.91. The van der Waals surface area contributed by atoms with Gasteiger partial charge in [0.15, 0.2) is 9.84 Å². The van der Waals surface area contributed by atoms with Crippen molar-refractivity contribution in [3.8, 4) is 0 Å². The Morgan fingerprint density at radius 3 is 2.69 bits per heavy atom. The van der Waals surface area contributed by atoms with E-state index in [0.29, 0.717) is 5.56 Å². The minimum atomic E-state index is -3.13. The fourth-order valence-corrected chi connectivity index (χ4v) is 3.81. The summed E-state index contributed by atoms with van der Waals surface area (Å²) < 4.78 is 36.3. The van der Waals surface area contributed by atoms with Crippen LogP contribution in [0.3, 0.4) is 0 Å². The molecule has 0 heterocycles. The van der Waals surface area contributed by atoms with Crippen molar-refractivity contribution in [2.24, 2.45) is 5.73 Å². The Balaban J connectivity index is 2.27. The smallest absolute Gasteiger partial charge is 0.155 e. The van der Waals surface area contributed by atoms with E-state index in [4.69, 9.17) is 5.73 Å². The predicted molar refractivity (Wildman–Crippen MR) is 60.4 cm³/mol. The lowest BCUT2D eigenvalue weighted by atomic mass is 10.1. The SMILES string of the molecule is CCS(=O)(=O)[C@@H]1[C@H](N)[C@H]1c1cccc(F)c1. The third kappa shape index (κ3) is 1.85. The first kappa shape index (κ1) is 11.5. The molecule has 0 aromatic heterocycles. The molecule has 0 aliphatic heterocycles. The van der Waals surface area contributed by atoms with Gasteiger partial charge in [0.05, 0.1) is 5.25 Å². The highest BCUT2D eigenvalue weighted by Crippen LogP contribution is 2.45. The molecule has 0 bridgehead atoms. The normalized spacial score (nSPS) is 29.1. The van der Waals surface area contributed by atoms with Crippen LogP contribution in [0.5, 0.6) is 0 Å². The van der Waals surface area contributed by atoms with Crippen LogP contribution in [0, 0.1) is 5.82 Å². The molecular weight excluding hydrogens is 229 g/mol. The van der Waals surface area contributed by atoms with Gasteiger partial charge < -0.3 is 5.73 Å². The van der Waals surface area contributed by atoms with E-state index in [0.717, 1.165) is 0 Å². The number of benzene rings is 1. The van der Waals surface area contributed by atoms with Crippen LogP contribution in [0.25, 0.3) is 0 Å². The summed E-state index contributed by atoms with van der Waals surface area (Å²) in [6.45, 7) is 1.60. The number of sulfone groups is 1. The van der Waals surface area contributed by atoms with Gasteiger partial charge in [0, 0.05) is 17.7 Å². The van der Waals surface area contributed by atoms with Gasteiger partial charge >= 0.3 is 0 Å². The van der Waals surface area contributed by atoms with Crippen molar-refractivity contribution >= 4 is 9.84 Å². The summed E-state index contributed by atoms with van der Waals surface area (Å²) in [4.78, 5) is 0. The molecular formula is C11H14FNO2S. The monoisotopic (exact) mass is 243 g/mol. The van der Waals surface area contributed by atoms with Crippen LogP contribution in [-0.2, 0) is 9.84 Å². The molecule has 1 aromatic rings. The Labute approximate surface area is 94.4 Å². The van der Waals surface area contributed by atoms with E-state index in [1.807, 2.05) is 0 Å². The molecule has 0 unspecified atom stereocenters. The van der Waals surface area contributed by atoms with Gasteiger partial charge in [-0.3, -0.25) is 0 Å². The summed E-state index contributed by atoms with van der Waals surface area (Å²) in [5, 5.41) is -0.542. The molecule has 1 aromatic carbocycles. The van der Waals surface area contributed by atoms with Crippen LogP contribution >= 0.6 is 0 Å². The summed E-state index contributed by atoms with van der Waals surface area (Å²) in [6.07, 6.45) is 0. The van der Waals surface area contributed by atoms with E-state index in [-0.39, 0.29) is 17.5 Å². The third-order valence-corrected chi connectivity index (χ3v) is 5.30. The second-order valence-corrected chi connectivity index (χ2v) is 6.52. The van der Waals surface area contributed by atoms with Gasteiger partial charge in [-0.15, -0.1) is 0 Å². The lowest BCUT2D eigenvalue weighted by Gasteiger charge is -2.00. The van der Waals surface area contributed by atoms with Crippen molar-refractivity contribution < 1.29 is 12.8 Å². The van der Waals surface area contributed by atoms with E-state index >= 15 is 0 Å². The Kier molecular flexibility index (Phi) is 2.75. The van der Waals surface area contributed by atoms with Crippen LogP contribution in [-0.4, -0.2) is 25.5 Å². The molecule has 2 N–H and O–H groups in total. The molecule has 1 aliphatic rings. The van der Waals surface area contributed by atoms with Crippen molar-refractivity contribution in [3.63, 3.8) is 0 Å². The van der Waals surface area contributed by atoms with Gasteiger partial charge in [-0.2, -0.15) is 0 Å². The summed E-state index contributed by atoms with van der Waals surface area (Å²) in [6, 6.07) is 5.59. The number of halogens is 1. The van der Waals surface area contributed by atoms with Crippen molar-refractivity contribution in [1.29, 1.82) is 0 Å². The zero-order valence-corrected chi connectivity index (χ0v) is 9.75. The van der Waals surface area contributed by atoms with Gasteiger partial charge in [-0.25, -0.2) is 12.8 Å². The first-order valence-electron chi connectivity index (χ1n) is 5.20. The highest BCUT2D eigenvalue weighted by atomic mass is 32.2. The molecule has 88 valence electrons. The van der Waals surface area contributed by atoms with Crippen molar-refractivity contribution in [1.82, 2.24) is 0 Å². The fraction of sp³-hybridized carbons (Fsp3) is 0.455. The molecule has 16 heavy (non-hydrogen) atoms. The molecule has 5 heteroatoms. The summed E-state index contributed by atoms with van der Waals surface area (Å²) in [5.74, 6) is -0.526. The van der Waals surface area contributed by atoms with Crippen LogP contribution < -0.4 is 5.73 Å². The van der Waals surface area contributed by atoms with Crippen LogP contribution in [0.2, 0.25) is 0 Å². The second kappa shape index (κ2) is 3.82. The maximum atomic E-state index is 13.0. The lowest BCUT2D eigenvalue weighted by Crippen LogP contribution is -2.17. The zero-order valence-electron chi connectivity index (χ0n) is 8.93. The Hall–Kier alpha value is -0.940. The van der Waals surface area contributed by atoms with Gasteiger partial charge in [-0.05, 0) is 17.7 Å². The van der Waals surface area contributed by atoms with Crippen LogP contribution in [0.1, 0.15) is 18.4 Å². The van der Waals surface area contributed by atoms with Gasteiger partial charge in [0.25, 0.3) is 0 Å². The van der Waals surface area contributed by atoms with Crippen LogP contribution in [0.15, 0.2) is 24.3 Å². The number of nitrogens with two attached hydrogens (primary N) is 1. The standard InChI is InChI=1S/C11H14FNO2S/c1-2-16(14,15)11-9(10(11)13)7-4-3-5-8(12)6-7/h3-6,9-11H,2,13H2,1H3/t9-,10-,11+/m1/s1. The molecule has 1 saturated carbocycles. The molecule has 1 fully saturated rings.